The van der Waals surface area contributed by atoms with Crippen LogP contribution in [0.3, 0.4) is 0 Å². The van der Waals surface area contributed by atoms with Crippen LogP contribution >= 0.6 is 0 Å². The topological polar surface area (TPSA) is 88.2 Å². The standard InChI is InChI=1S/C19H18F6N4O3/c1-10(2-11-3-14(19(23,24)25)16(30)28-5-11)32-17(31)29-8-12(9-29)4-15-26-6-13(7-27-15)18(20,21)22/h3,5-7,10,12H,2,4,8-9H2,1H3,(H,28,30)/t10-/m0/s1. The maximum absolute atomic E-state index is 12.8. The normalized spacial score (nSPS) is 15.9. The Kier molecular flexibility index (Phi) is 6.46. The molecule has 0 radical (unpaired) electrons. The number of rotatable bonds is 5. The van der Waals surface area contributed by atoms with Crippen LogP contribution in [0.2, 0.25) is 0 Å². The molecule has 1 aliphatic heterocycles. The molecule has 0 spiro atoms. The van der Waals surface area contributed by atoms with Crippen LogP contribution in [0.5, 0.6) is 0 Å². The highest BCUT2D eigenvalue weighted by atomic mass is 19.4. The van der Waals surface area contributed by atoms with Crippen molar-refractivity contribution in [1.29, 1.82) is 0 Å². The van der Waals surface area contributed by atoms with Crippen molar-refractivity contribution in [3.05, 3.63) is 57.5 Å². The summed E-state index contributed by atoms with van der Waals surface area (Å²) >= 11 is 0. The van der Waals surface area contributed by atoms with Crippen molar-refractivity contribution in [1.82, 2.24) is 19.9 Å². The third-order valence-corrected chi connectivity index (χ3v) is 4.81. The largest absolute Gasteiger partial charge is 0.446 e. The molecule has 0 unspecified atom stereocenters. The van der Waals surface area contributed by atoms with Gasteiger partial charge in [-0.15, -0.1) is 0 Å². The number of nitrogens with one attached hydrogen (secondary N) is 1. The first-order valence-corrected chi connectivity index (χ1v) is 9.45. The molecule has 1 atom stereocenters. The molecule has 13 heteroatoms. The van der Waals surface area contributed by atoms with E-state index in [4.69, 9.17) is 4.74 Å². The molecule has 0 aliphatic carbocycles. The molecular weight excluding hydrogens is 446 g/mol. The number of nitrogens with zero attached hydrogens (tertiary/aromatic N) is 3. The Bertz CT molecular complexity index is 1010. The number of likely N-dealkylation sites (tertiary alicyclic amines) is 1. The fourth-order valence-corrected chi connectivity index (χ4v) is 3.19. The second-order valence-electron chi connectivity index (χ2n) is 7.51. The number of aromatic amines is 1. The fourth-order valence-electron chi connectivity index (χ4n) is 3.19. The van der Waals surface area contributed by atoms with Gasteiger partial charge >= 0.3 is 18.4 Å². The zero-order chi connectivity index (χ0) is 23.7. The van der Waals surface area contributed by atoms with E-state index < -0.39 is 41.2 Å². The van der Waals surface area contributed by atoms with Gasteiger partial charge in [0, 0.05) is 50.4 Å². The first-order chi connectivity index (χ1) is 14.8. The van der Waals surface area contributed by atoms with Crippen LogP contribution in [0, 0.1) is 5.92 Å². The van der Waals surface area contributed by atoms with Gasteiger partial charge in [-0.2, -0.15) is 26.3 Å². The average Bonchev–Trinajstić information content (AvgIpc) is 2.64. The lowest BCUT2D eigenvalue weighted by Crippen LogP contribution is -2.51. The molecule has 1 saturated heterocycles. The van der Waals surface area contributed by atoms with Crippen molar-refractivity contribution >= 4 is 6.09 Å². The first-order valence-electron chi connectivity index (χ1n) is 9.45. The average molecular weight is 464 g/mol. The summed E-state index contributed by atoms with van der Waals surface area (Å²) in [6.45, 7) is 2.07. The van der Waals surface area contributed by atoms with Gasteiger partial charge in [-0.3, -0.25) is 4.79 Å². The van der Waals surface area contributed by atoms with Gasteiger partial charge in [-0.1, -0.05) is 0 Å². The Morgan fingerprint density at radius 3 is 2.38 bits per heavy atom. The Morgan fingerprint density at radius 1 is 1.19 bits per heavy atom. The predicted molar refractivity (Wildman–Crippen MR) is 97.5 cm³/mol. The van der Waals surface area contributed by atoms with Gasteiger partial charge in [0.05, 0.1) is 5.56 Å². The summed E-state index contributed by atoms with van der Waals surface area (Å²) in [6.07, 6.45) is -7.95. The number of alkyl halides is 6. The smallest absolute Gasteiger partial charge is 0.421 e. The van der Waals surface area contributed by atoms with E-state index in [1.165, 1.54) is 11.8 Å². The van der Waals surface area contributed by atoms with Gasteiger partial charge in [-0.25, -0.2) is 14.8 Å². The number of pyridine rings is 1. The van der Waals surface area contributed by atoms with E-state index in [-0.39, 0.29) is 43.2 Å². The number of ether oxygens (including phenoxy) is 1. The molecule has 174 valence electrons. The Hall–Kier alpha value is -3.12. The lowest BCUT2D eigenvalue weighted by atomic mass is 9.96. The van der Waals surface area contributed by atoms with Gasteiger partial charge in [0.15, 0.2) is 0 Å². The predicted octanol–water partition coefficient (Wildman–Crippen LogP) is 3.44. The van der Waals surface area contributed by atoms with Crippen LogP contribution in [-0.4, -0.2) is 45.1 Å². The van der Waals surface area contributed by atoms with Crippen LogP contribution in [0.4, 0.5) is 31.1 Å². The summed E-state index contributed by atoms with van der Waals surface area (Å²) in [5.41, 5.74) is -3.38. The van der Waals surface area contributed by atoms with Gasteiger partial charge in [0.2, 0.25) is 0 Å². The Labute approximate surface area is 177 Å². The summed E-state index contributed by atoms with van der Waals surface area (Å²) in [7, 11) is 0. The molecule has 2 aromatic rings. The highest BCUT2D eigenvalue weighted by Gasteiger charge is 2.36. The number of hydrogen-bond acceptors (Lipinski definition) is 5. The first kappa shape index (κ1) is 23.5. The number of H-pyrrole nitrogens is 1. The summed E-state index contributed by atoms with van der Waals surface area (Å²) in [6, 6.07) is 0.715. The van der Waals surface area contributed by atoms with E-state index >= 15 is 0 Å². The maximum atomic E-state index is 12.8. The van der Waals surface area contributed by atoms with Gasteiger partial charge in [0.1, 0.15) is 17.5 Å². The molecule has 3 rings (SSSR count). The summed E-state index contributed by atoms with van der Waals surface area (Å²) in [4.78, 5) is 34.2. The lowest BCUT2D eigenvalue weighted by Gasteiger charge is -2.38. The van der Waals surface area contributed by atoms with E-state index in [9.17, 15) is 35.9 Å². The molecule has 0 saturated carbocycles. The van der Waals surface area contributed by atoms with Gasteiger partial charge in [-0.05, 0) is 18.6 Å². The molecule has 1 N–H and O–H groups in total. The van der Waals surface area contributed by atoms with Crippen LogP contribution in [0.1, 0.15) is 29.4 Å². The zero-order valence-corrected chi connectivity index (χ0v) is 16.6. The molecule has 0 bridgehead atoms. The van der Waals surface area contributed by atoms with E-state index in [1.807, 2.05) is 4.98 Å². The highest BCUT2D eigenvalue weighted by molar-refractivity contribution is 5.68. The van der Waals surface area contributed by atoms with Gasteiger partial charge in [0.25, 0.3) is 5.56 Å². The van der Waals surface area contributed by atoms with E-state index in [0.717, 1.165) is 6.20 Å². The minimum Gasteiger partial charge on any atom is -0.446 e. The molecular formula is C19H18F6N4O3. The monoisotopic (exact) mass is 464 g/mol. The minimum atomic E-state index is -4.80. The number of hydrogen-bond donors (Lipinski definition) is 1. The third kappa shape index (κ3) is 5.77. The molecule has 1 amide bonds. The number of aromatic nitrogens is 3. The quantitative estimate of drug-likeness (QED) is 0.685. The zero-order valence-electron chi connectivity index (χ0n) is 16.6. The molecule has 2 aromatic heterocycles. The Balaban J connectivity index is 1.47. The highest BCUT2D eigenvalue weighted by Crippen LogP contribution is 2.29. The van der Waals surface area contributed by atoms with Crippen molar-refractivity contribution in [2.75, 3.05) is 13.1 Å². The molecule has 1 fully saturated rings. The van der Waals surface area contributed by atoms with Crippen LogP contribution < -0.4 is 5.56 Å². The third-order valence-electron chi connectivity index (χ3n) is 4.81. The van der Waals surface area contributed by atoms with E-state index in [2.05, 4.69) is 9.97 Å². The number of amides is 1. The van der Waals surface area contributed by atoms with E-state index in [1.54, 1.807) is 0 Å². The second-order valence-corrected chi connectivity index (χ2v) is 7.51. The fraction of sp³-hybridized carbons (Fsp3) is 0.474. The number of halogens is 6. The summed E-state index contributed by atoms with van der Waals surface area (Å²) < 4.78 is 81.3. The Morgan fingerprint density at radius 2 is 1.81 bits per heavy atom. The number of carbonyl (C=O) groups excluding carboxylic acids is 1. The molecule has 7 nitrogen and oxygen atoms in total. The van der Waals surface area contributed by atoms with Crippen LogP contribution in [0.15, 0.2) is 29.5 Å². The second kappa shape index (κ2) is 8.79. The van der Waals surface area contributed by atoms with Crippen molar-refractivity contribution in [2.24, 2.45) is 5.92 Å². The molecule has 0 aromatic carbocycles. The summed E-state index contributed by atoms with van der Waals surface area (Å²) in [5, 5.41) is 0. The molecule has 32 heavy (non-hydrogen) atoms. The van der Waals surface area contributed by atoms with Crippen molar-refractivity contribution in [2.45, 2.75) is 38.2 Å². The van der Waals surface area contributed by atoms with Crippen molar-refractivity contribution < 1.29 is 35.9 Å². The minimum absolute atomic E-state index is 0.0394. The van der Waals surface area contributed by atoms with E-state index in [0.29, 0.717) is 18.5 Å². The summed E-state index contributed by atoms with van der Waals surface area (Å²) in [5.74, 6) is 0.172. The molecule has 1 aliphatic rings. The van der Waals surface area contributed by atoms with Gasteiger partial charge < -0.3 is 14.6 Å². The SMILES string of the molecule is C[C@@H](Cc1c[nH]c(=O)c(C(F)(F)F)c1)OC(=O)N1CC(Cc2ncc(C(F)(F)F)cn2)C1. The van der Waals surface area contributed by atoms with Crippen LogP contribution in [-0.2, 0) is 29.9 Å². The number of carbonyl (C=O) groups is 1. The van der Waals surface area contributed by atoms with Crippen molar-refractivity contribution in [3.63, 3.8) is 0 Å². The lowest BCUT2D eigenvalue weighted by molar-refractivity contribution is -0.139. The molecule has 3 heterocycles. The van der Waals surface area contributed by atoms with Crippen molar-refractivity contribution in [3.8, 4) is 0 Å². The van der Waals surface area contributed by atoms with Crippen LogP contribution in [0.25, 0.3) is 0 Å². The maximum Gasteiger partial charge on any atom is 0.421 e.